The van der Waals surface area contributed by atoms with Crippen molar-refractivity contribution in [1.82, 2.24) is 9.55 Å². The molecule has 17 heavy (non-hydrogen) atoms. The third-order valence-corrected chi connectivity index (χ3v) is 2.70. The van der Waals surface area contributed by atoms with E-state index in [1.165, 1.54) is 0 Å². The zero-order valence-electron chi connectivity index (χ0n) is 9.56. The lowest BCUT2D eigenvalue weighted by atomic mass is 10.1. The molecule has 0 spiro atoms. The fraction of sp³-hybridized carbons (Fsp3) is 0.231. The molecule has 0 amide bonds. The molecule has 0 aliphatic carbocycles. The highest BCUT2D eigenvalue weighted by molar-refractivity contribution is 6.31. The van der Waals surface area contributed by atoms with Gasteiger partial charge in [0.15, 0.2) is 5.82 Å². The van der Waals surface area contributed by atoms with Crippen molar-refractivity contribution in [3.05, 3.63) is 53.1 Å². The first kappa shape index (κ1) is 11.9. The van der Waals surface area contributed by atoms with Crippen LogP contribution in [0.3, 0.4) is 0 Å². The molecule has 0 bridgehead atoms. The Bertz CT molecular complexity index is 534. The molecule has 0 saturated carbocycles. The van der Waals surface area contributed by atoms with E-state index in [1.807, 2.05) is 10.8 Å². The molecule has 0 radical (unpaired) electrons. The van der Waals surface area contributed by atoms with Gasteiger partial charge in [0.2, 0.25) is 5.78 Å². The summed E-state index contributed by atoms with van der Waals surface area (Å²) in [4.78, 5) is 16.3. The van der Waals surface area contributed by atoms with Gasteiger partial charge in [-0.2, -0.15) is 0 Å². The van der Waals surface area contributed by atoms with Gasteiger partial charge in [-0.1, -0.05) is 30.7 Å². The fourth-order valence-electron chi connectivity index (χ4n) is 1.70. The number of nitrogens with zero attached hydrogens (tertiary/aromatic N) is 2. The molecule has 1 aromatic heterocycles. The molecule has 0 N–H and O–H groups in total. The van der Waals surface area contributed by atoms with Crippen molar-refractivity contribution >= 4 is 17.4 Å². The minimum absolute atomic E-state index is 0.0917. The zero-order chi connectivity index (χ0) is 12.3. The number of imidazole rings is 1. The molecule has 2 rings (SSSR count). The summed E-state index contributed by atoms with van der Waals surface area (Å²) in [5, 5.41) is 0.560. The van der Waals surface area contributed by atoms with Crippen LogP contribution < -0.4 is 0 Å². The van der Waals surface area contributed by atoms with Gasteiger partial charge < -0.3 is 4.57 Å². The number of benzene rings is 1. The maximum Gasteiger partial charge on any atom is 0.228 e. The smallest absolute Gasteiger partial charge is 0.228 e. The van der Waals surface area contributed by atoms with Gasteiger partial charge in [0, 0.05) is 29.5 Å². The third kappa shape index (κ3) is 2.56. The number of aryl methyl sites for hydroxylation is 1. The van der Waals surface area contributed by atoms with Crippen molar-refractivity contribution in [3.8, 4) is 0 Å². The van der Waals surface area contributed by atoms with Crippen molar-refractivity contribution in [3.63, 3.8) is 0 Å². The third-order valence-electron chi connectivity index (χ3n) is 2.47. The summed E-state index contributed by atoms with van der Waals surface area (Å²) >= 11 is 5.87. The predicted octanol–water partition coefficient (Wildman–Crippen LogP) is 3.18. The Labute approximate surface area is 105 Å². The molecule has 0 aliphatic rings. The number of hydrogen-bond donors (Lipinski definition) is 0. The lowest BCUT2D eigenvalue weighted by molar-refractivity contribution is 0.102. The molecule has 0 fully saturated rings. The Kier molecular flexibility index (Phi) is 3.59. The van der Waals surface area contributed by atoms with E-state index < -0.39 is 0 Å². The minimum atomic E-state index is -0.0917. The summed E-state index contributed by atoms with van der Waals surface area (Å²) in [6.07, 6.45) is 4.43. The molecule has 88 valence electrons. The Morgan fingerprint density at radius 2 is 2.29 bits per heavy atom. The van der Waals surface area contributed by atoms with Gasteiger partial charge in [0.05, 0.1) is 0 Å². The highest BCUT2D eigenvalue weighted by Crippen LogP contribution is 2.14. The summed E-state index contributed by atoms with van der Waals surface area (Å²) in [7, 11) is 0. The first-order valence-corrected chi connectivity index (χ1v) is 5.91. The summed E-state index contributed by atoms with van der Waals surface area (Å²) in [6.45, 7) is 2.86. The van der Waals surface area contributed by atoms with Crippen molar-refractivity contribution in [1.29, 1.82) is 0 Å². The molecule has 2 aromatic rings. The van der Waals surface area contributed by atoms with Gasteiger partial charge in [-0.3, -0.25) is 4.79 Å². The molecular formula is C13H13ClN2O. The van der Waals surface area contributed by atoms with Gasteiger partial charge in [-0.25, -0.2) is 4.98 Å². The highest BCUT2D eigenvalue weighted by atomic mass is 35.5. The van der Waals surface area contributed by atoms with Crippen LogP contribution in [0.2, 0.25) is 5.02 Å². The SMILES string of the molecule is CCCn1ccnc1C(=O)c1cccc(Cl)c1. The molecular weight excluding hydrogens is 236 g/mol. The number of rotatable bonds is 4. The van der Waals surface area contributed by atoms with E-state index in [1.54, 1.807) is 30.5 Å². The van der Waals surface area contributed by atoms with E-state index >= 15 is 0 Å². The summed E-state index contributed by atoms with van der Waals surface area (Å²) < 4.78 is 1.86. The molecule has 1 heterocycles. The molecule has 4 heteroatoms. The van der Waals surface area contributed by atoms with E-state index in [0.29, 0.717) is 16.4 Å². The monoisotopic (exact) mass is 248 g/mol. The van der Waals surface area contributed by atoms with Crippen molar-refractivity contribution in [2.24, 2.45) is 0 Å². The van der Waals surface area contributed by atoms with E-state index in [2.05, 4.69) is 11.9 Å². The van der Waals surface area contributed by atoms with Crippen LogP contribution in [0.25, 0.3) is 0 Å². The van der Waals surface area contributed by atoms with Crippen LogP contribution in [0, 0.1) is 0 Å². The Morgan fingerprint density at radius 3 is 3.00 bits per heavy atom. The van der Waals surface area contributed by atoms with Crippen molar-refractivity contribution in [2.75, 3.05) is 0 Å². The van der Waals surface area contributed by atoms with Gasteiger partial charge in [-0.15, -0.1) is 0 Å². The quantitative estimate of drug-likeness (QED) is 0.779. The second kappa shape index (κ2) is 5.15. The molecule has 0 saturated heterocycles. The topological polar surface area (TPSA) is 34.9 Å². The number of hydrogen-bond acceptors (Lipinski definition) is 2. The van der Waals surface area contributed by atoms with Crippen LogP contribution in [-0.2, 0) is 6.54 Å². The summed E-state index contributed by atoms with van der Waals surface area (Å²) in [5.74, 6) is 0.375. The fourth-order valence-corrected chi connectivity index (χ4v) is 1.89. The minimum Gasteiger partial charge on any atom is -0.328 e. The molecule has 1 aromatic carbocycles. The number of carbonyl (C=O) groups is 1. The van der Waals surface area contributed by atoms with Crippen molar-refractivity contribution in [2.45, 2.75) is 19.9 Å². The predicted molar refractivity (Wildman–Crippen MR) is 67.4 cm³/mol. The lowest BCUT2D eigenvalue weighted by Crippen LogP contribution is -2.11. The first-order valence-electron chi connectivity index (χ1n) is 5.53. The zero-order valence-corrected chi connectivity index (χ0v) is 10.3. The van der Waals surface area contributed by atoms with E-state index in [9.17, 15) is 4.79 Å². The Morgan fingerprint density at radius 1 is 1.47 bits per heavy atom. The first-order chi connectivity index (χ1) is 8.22. The summed E-state index contributed by atoms with van der Waals surface area (Å²) in [5.41, 5.74) is 0.570. The normalized spacial score (nSPS) is 10.5. The highest BCUT2D eigenvalue weighted by Gasteiger charge is 2.14. The Balaban J connectivity index is 2.33. The van der Waals surface area contributed by atoms with Gasteiger partial charge in [0.25, 0.3) is 0 Å². The molecule has 0 aliphatic heterocycles. The number of halogens is 1. The number of ketones is 1. The van der Waals surface area contributed by atoms with Gasteiger partial charge in [-0.05, 0) is 18.6 Å². The average molecular weight is 249 g/mol. The van der Waals surface area contributed by atoms with E-state index in [-0.39, 0.29) is 5.78 Å². The lowest BCUT2D eigenvalue weighted by Gasteiger charge is -2.05. The van der Waals surface area contributed by atoms with Gasteiger partial charge >= 0.3 is 0 Å². The van der Waals surface area contributed by atoms with Gasteiger partial charge in [0.1, 0.15) is 0 Å². The summed E-state index contributed by atoms with van der Waals surface area (Å²) in [6, 6.07) is 6.92. The van der Waals surface area contributed by atoms with E-state index in [0.717, 1.165) is 13.0 Å². The van der Waals surface area contributed by atoms with Crippen LogP contribution in [0.1, 0.15) is 29.5 Å². The largest absolute Gasteiger partial charge is 0.328 e. The molecule has 3 nitrogen and oxygen atoms in total. The van der Waals surface area contributed by atoms with Crippen LogP contribution in [-0.4, -0.2) is 15.3 Å². The van der Waals surface area contributed by atoms with Crippen LogP contribution >= 0.6 is 11.6 Å². The van der Waals surface area contributed by atoms with E-state index in [4.69, 9.17) is 11.6 Å². The van der Waals surface area contributed by atoms with Crippen LogP contribution in [0.15, 0.2) is 36.7 Å². The number of aromatic nitrogens is 2. The van der Waals surface area contributed by atoms with Crippen molar-refractivity contribution < 1.29 is 4.79 Å². The molecule has 0 unspecified atom stereocenters. The van der Waals surface area contributed by atoms with Crippen LogP contribution in [0.5, 0.6) is 0 Å². The maximum atomic E-state index is 12.2. The molecule has 0 atom stereocenters. The Hall–Kier alpha value is -1.61. The van der Waals surface area contributed by atoms with Crippen LogP contribution in [0.4, 0.5) is 0 Å². The standard InChI is InChI=1S/C13H13ClN2O/c1-2-7-16-8-6-15-13(16)12(17)10-4-3-5-11(14)9-10/h3-6,8-9H,2,7H2,1H3. The second-order valence-electron chi connectivity index (χ2n) is 3.78. The average Bonchev–Trinajstić information content (AvgIpc) is 2.77. The second-order valence-corrected chi connectivity index (χ2v) is 4.22. The maximum absolute atomic E-state index is 12.2. The number of carbonyl (C=O) groups excluding carboxylic acids is 1.